The molecule has 296 valence electrons. The molecule has 10 nitrogen and oxygen atoms in total. The average molecular weight is 792 g/mol. The van der Waals surface area contributed by atoms with Gasteiger partial charge in [-0.2, -0.15) is 13.2 Å². The number of ether oxygens (including phenoxy) is 2. The normalized spacial score (nSPS) is 20.9. The smallest absolute Gasteiger partial charge is 0.435 e. The number of carboxylic acids is 1. The number of likely N-dealkylation sites (tertiary alicyclic amines) is 1. The molecule has 3 aliphatic rings. The van der Waals surface area contributed by atoms with Gasteiger partial charge in [0, 0.05) is 48.3 Å². The minimum Gasteiger partial charge on any atom is -0.495 e. The molecule has 4 heterocycles. The first kappa shape index (κ1) is 39.4. The lowest BCUT2D eigenvalue weighted by Crippen LogP contribution is -2.31. The molecular weight excluding hydrogens is 747 g/mol. The second kappa shape index (κ2) is 15.9. The summed E-state index contributed by atoms with van der Waals surface area (Å²) >= 11 is 7.15. The van der Waals surface area contributed by atoms with Crippen LogP contribution < -0.4 is 20.1 Å². The number of amides is 1. The van der Waals surface area contributed by atoms with E-state index in [0.29, 0.717) is 48.8 Å². The molecule has 2 saturated heterocycles. The molecule has 2 aliphatic heterocycles. The lowest BCUT2D eigenvalue weighted by molar-refractivity contribution is -0.147. The van der Waals surface area contributed by atoms with E-state index in [-0.39, 0.29) is 42.2 Å². The van der Waals surface area contributed by atoms with E-state index in [1.165, 1.54) is 13.2 Å². The minimum atomic E-state index is -4.76. The number of aryl methyl sites for hydroxylation is 1. The molecule has 2 aromatic heterocycles. The fraction of sp³-hybridized carbons (Fsp3) is 0.429. The molecule has 2 aromatic carbocycles. The van der Waals surface area contributed by atoms with Crippen LogP contribution in [0.25, 0.3) is 22.4 Å². The molecule has 4 aromatic rings. The van der Waals surface area contributed by atoms with Gasteiger partial charge >= 0.3 is 12.1 Å². The Bertz CT molecular complexity index is 2150. The highest BCUT2D eigenvalue weighted by Crippen LogP contribution is 2.45. The first-order chi connectivity index (χ1) is 26.8. The second-order valence-electron chi connectivity index (χ2n) is 15.2. The van der Waals surface area contributed by atoms with Gasteiger partial charge in [-0.15, -0.1) is 0 Å². The molecule has 0 radical (unpaired) electrons. The Labute approximate surface area is 328 Å². The van der Waals surface area contributed by atoms with Gasteiger partial charge in [0.05, 0.1) is 47.8 Å². The minimum absolute atomic E-state index is 0.0274. The van der Waals surface area contributed by atoms with E-state index in [4.69, 9.17) is 26.1 Å². The van der Waals surface area contributed by atoms with Crippen LogP contribution in [-0.4, -0.2) is 65.2 Å². The Hall–Kier alpha value is -4.88. The van der Waals surface area contributed by atoms with Crippen LogP contribution in [-0.2, 0) is 35.2 Å². The summed E-state index contributed by atoms with van der Waals surface area (Å²) in [6.45, 7) is 2.29. The van der Waals surface area contributed by atoms with Gasteiger partial charge in [-0.1, -0.05) is 54.1 Å². The van der Waals surface area contributed by atoms with E-state index in [1.807, 2.05) is 48.5 Å². The molecule has 1 aliphatic carbocycles. The van der Waals surface area contributed by atoms with Gasteiger partial charge in [0.25, 0.3) is 0 Å². The number of methoxy groups -OCH3 is 2. The molecule has 7 rings (SSSR count). The van der Waals surface area contributed by atoms with Crippen LogP contribution in [0.15, 0.2) is 54.6 Å². The number of halogens is 4. The van der Waals surface area contributed by atoms with E-state index in [1.54, 1.807) is 18.9 Å². The third-order valence-corrected chi connectivity index (χ3v) is 11.8. The highest BCUT2D eigenvalue weighted by Gasteiger charge is 2.42. The lowest BCUT2D eigenvalue weighted by Gasteiger charge is -2.24. The van der Waals surface area contributed by atoms with Crippen LogP contribution in [0.1, 0.15) is 79.6 Å². The number of aromatic nitrogens is 2. The maximum Gasteiger partial charge on any atom is 0.435 e. The summed E-state index contributed by atoms with van der Waals surface area (Å²) in [5, 5.41) is 16.3. The molecule has 1 amide bonds. The number of hydrogen-bond acceptors (Lipinski definition) is 8. The molecule has 0 bridgehead atoms. The zero-order valence-electron chi connectivity index (χ0n) is 31.6. The Morgan fingerprint density at radius 1 is 1.05 bits per heavy atom. The molecule has 3 N–H and O–H groups in total. The zero-order chi connectivity index (χ0) is 39.8. The van der Waals surface area contributed by atoms with Gasteiger partial charge in [0.2, 0.25) is 11.8 Å². The Morgan fingerprint density at radius 2 is 1.82 bits per heavy atom. The maximum atomic E-state index is 14.6. The van der Waals surface area contributed by atoms with Crippen molar-refractivity contribution in [3.8, 4) is 34.0 Å². The van der Waals surface area contributed by atoms with Crippen molar-refractivity contribution < 1.29 is 37.3 Å². The highest BCUT2D eigenvalue weighted by molar-refractivity contribution is 6.36. The van der Waals surface area contributed by atoms with Crippen LogP contribution in [0.3, 0.4) is 0 Å². The van der Waals surface area contributed by atoms with Crippen molar-refractivity contribution >= 4 is 29.2 Å². The molecule has 14 heteroatoms. The number of fused-ring (bicyclic) bond motifs is 1. The monoisotopic (exact) mass is 791 g/mol. The van der Waals surface area contributed by atoms with E-state index in [9.17, 15) is 27.9 Å². The number of anilines is 1. The summed E-state index contributed by atoms with van der Waals surface area (Å²) in [5.41, 5.74) is 3.76. The topological polar surface area (TPSA) is 126 Å². The Kier molecular flexibility index (Phi) is 11.2. The van der Waals surface area contributed by atoms with Crippen LogP contribution in [0.5, 0.6) is 11.6 Å². The SMILES string of the molecule is COc1cc(N[C@H]2CCc3c(-c4cccc(-c5ccc(CCC[C@@H]6CCC(=O)N6)c(OC)n5)c4Cl)cccc32)c(C(F)(F)F)nc1CN1CC[C@@](C)(C(=O)O)C1. The molecule has 0 saturated carbocycles. The number of carbonyl (C=O) groups is 2. The quantitative estimate of drug-likeness (QED) is 0.122. The lowest BCUT2D eigenvalue weighted by atomic mass is 9.90. The number of carbonyl (C=O) groups excluding carboxylic acids is 1. The fourth-order valence-electron chi connectivity index (χ4n) is 8.33. The van der Waals surface area contributed by atoms with Crippen molar-refractivity contribution in [2.75, 3.05) is 32.6 Å². The third-order valence-electron chi connectivity index (χ3n) is 11.4. The van der Waals surface area contributed by atoms with Crippen LogP contribution >= 0.6 is 11.6 Å². The summed E-state index contributed by atoms with van der Waals surface area (Å²) in [6.07, 6.45) is 0.749. The number of pyridine rings is 2. The first-order valence-electron chi connectivity index (χ1n) is 18.9. The van der Waals surface area contributed by atoms with Crippen LogP contribution in [0, 0.1) is 5.41 Å². The van der Waals surface area contributed by atoms with Gasteiger partial charge in [-0.3, -0.25) is 14.5 Å². The van der Waals surface area contributed by atoms with Crippen molar-refractivity contribution in [2.45, 2.75) is 83.1 Å². The van der Waals surface area contributed by atoms with E-state index >= 15 is 0 Å². The van der Waals surface area contributed by atoms with Crippen molar-refractivity contribution in [2.24, 2.45) is 5.41 Å². The van der Waals surface area contributed by atoms with Gasteiger partial charge < -0.3 is 25.2 Å². The van der Waals surface area contributed by atoms with Gasteiger partial charge in [-0.05, 0) is 81.2 Å². The molecule has 3 atom stereocenters. The maximum absolute atomic E-state index is 14.6. The number of aliphatic carboxylic acids is 1. The largest absolute Gasteiger partial charge is 0.495 e. The number of alkyl halides is 3. The standard InChI is InChI=1S/C42H45ClF3N5O5/c1-41(40(53)54)19-20-51(23-41)22-34-35(55-2)21-33(38(49-34)42(44,45)46)48-31-17-15-27-26(9-5-10-28(27)31)29-11-6-12-30(37(29)43)32-16-13-24(39(50-32)56-3)7-4-8-25-14-18-36(52)47-25/h5-6,9-13,16,21,25,31,48H,4,7-8,14-15,17-20,22-23H2,1-3H3,(H,47,52)(H,53,54)/t25-,31+,41-/m1/s1. The number of nitrogens with one attached hydrogen (secondary N) is 2. The number of carboxylic acid groups (broad SMARTS) is 1. The number of hydrogen-bond donors (Lipinski definition) is 3. The second-order valence-corrected chi connectivity index (χ2v) is 15.6. The summed E-state index contributed by atoms with van der Waals surface area (Å²) in [6, 6.07) is 16.6. The average Bonchev–Trinajstić information content (AvgIpc) is 3.90. The Balaban J connectivity index is 1.12. The van der Waals surface area contributed by atoms with E-state index in [0.717, 1.165) is 59.1 Å². The summed E-state index contributed by atoms with van der Waals surface area (Å²) < 4.78 is 55.0. The van der Waals surface area contributed by atoms with Crippen LogP contribution in [0.4, 0.5) is 18.9 Å². The molecule has 2 fully saturated rings. The summed E-state index contributed by atoms with van der Waals surface area (Å²) in [4.78, 5) is 34.0. The molecule has 0 spiro atoms. The van der Waals surface area contributed by atoms with E-state index < -0.39 is 29.3 Å². The third kappa shape index (κ3) is 8.02. The van der Waals surface area contributed by atoms with Crippen molar-refractivity contribution in [3.05, 3.63) is 87.7 Å². The number of rotatable bonds is 13. The molecule has 56 heavy (non-hydrogen) atoms. The predicted molar refractivity (Wildman–Crippen MR) is 207 cm³/mol. The van der Waals surface area contributed by atoms with Gasteiger partial charge in [0.15, 0.2) is 5.69 Å². The summed E-state index contributed by atoms with van der Waals surface area (Å²) in [5.74, 6) is -0.118. The van der Waals surface area contributed by atoms with E-state index in [2.05, 4.69) is 15.6 Å². The van der Waals surface area contributed by atoms with Crippen molar-refractivity contribution in [1.29, 1.82) is 0 Å². The van der Waals surface area contributed by atoms with Gasteiger partial charge in [0.1, 0.15) is 5.75 Å². The first-order valence-corrected chi connectivity index (χ1v) is 19.3. The molecular formula is C42H45ClF3N5O5. The van der Waals surface area contributed by atoms with Gasteiger partial charge in [-0.25, -0.2) is 9.97 Å². The predicted octanol–water partition coefficient (Wildman–Crippen LogP) is 8.50. The fourth-order valence-corrected chi connectivity index (χ4v) is 8.65. The number of benzene rings is 2. The highest BCUT2D eigenvalue weighted by atomic mass is 35.5. The Morgan fingerprint density at radius 3 is 2.52 bits per heavy atom. The van der Waals surface area contributed by atoms with Crippen molar-refractivity contribution in [3.63, 3.8) is 0 Å². The number of nitrogens with zero attached hydrogens (tertiary/aromatic N) is 3. The molecule has 0 unspecified atom stereocenters. The zero-order valence-corrected chi connectivity index (χ0v) is 32.3. The summed E-state index contributed by atoms with van der Waals surface area (Å²) in [7, 11) is 2.98. The van der Waals surface area contributed by atoms with Crippen molar-refractivity contribution in [1.82, 2.24) is 20.2 Å². The van der Waals surface area contributed by atoms with Crippen LogP contribution in [0.2, 0.25) is 5.02 Å².